The first kappa shape index (κ1) is 16.7. The Bertz CT molecular complexity index is 560. The summed E-state index contributed by atoms with van der Waals surface area (Å²) in [6, 6.07) is 5.73. The van der Waals surface area contributed by atoms with Gasteiger partial charge in [-0.05, 0) is 29.9 Å². The van der Waals surface area contributed by atoms with Gasteiger partial charge in [0.25, 0.3) is 0 Å². The third-order valence-electron chi connectivity index (χ3n) is 3.36. The van der Waals surface area contributed by atoms with Gasteiger partial charge in [-0.25, -0.2) is 4.98 Å². The van der Waals surface area contributed by atoms with Crippen molar-refractivity contribution in [2.75, 3.05) is 5.75 Å². The van der Waals surface area contributed by atoms with Gasteiger partial charge in [0.05, 0.1) is 6.54 Å². The van der Waals surface area contributed by atoms with Crippen LogP contribution in [0.3, 0.4) is 0 Å². The highest BCUT2D eigenvalue weighted by molar-refractivity contribution is 7.99. The molecule has 6 heteroatoms. The van der Waals surface area contributed by atoms with Crippen LogP contribution in [-0.2, 0) is 6.54 Å². The SMILES string of the molecule is CCCSC(C)C(Cn1cncn1)c1ccc(Cl)cc1Cl. The van der Waals surface area contributed by atoms with Crippen molar-refractivity contribution in [2.45, 2.75) is 38.0 Å². The predicted molar refractivity (Wildman–Crippen MR) is 91.4 cm³/mol. The van der Waals surface area contributed by atoms with Gasteiger partial charge in [0.15, 0.2) is 0 Å². The lowest BCUT2D eigenvalue weighted by Crippen LogP contribution is -2.19. The van der Waals surface area contributed by atoms with Crippen LogP contribution in [0, 0.1) is 0 Å². The maximum Gasteiger partial charge on any atom is 0.137 e. The second-order valence-corrected chi connectivity index (χ2v) is 7.29. The summed E-state index contributed by atoms with van der Waals surface area (Å²) in [7, 11) is 0. The number of aromatic nitrogens is 3. The number of thioether (sulfide) groups is 1. The lowest BCUT2D eigenvalue weighted by molar-refractivity contribution is 0.510. The van der Waals surface area contributed by atoms with E-state index in [1.165, 1.54) is 6.42 Å². The molecule has 0 amide bonds. The Hall–Kier alpha value is -0.710. The smallest absolute Gasteiger partial charge is 0.137 e. The van der Waals surface area contributed by atoms with E-state index in [0.717, 1.165) is 22.9 Å². The molecule has 0 fully saturated rings. The molecule has 0 aliphatic carbocycles. The summed E-state index contributed by atoms with van der Waals surface area (Å²) >= 11 is 14.4. The quantitative estimate of drug-likeness (QED) is 0.716. The van der Waals surface area contributed by atoms with Crippen LogP contribution in [0.25, 0.3) is 0 Å². The molecular weight excluding hydrogens is 325 g/mol. The Kier molecular flexibility index (Phi) is 6.40. The molecule has 0 saturated carbocycles. The van der Waals surface area contributed by atoms with E-state index in [1.54, 1.807) is 12.7 Å². The third kappa shape index (κ3) is 4.63. The van der Waals surface area contributed by atoms with Gasteiger partial charge in [-0.1, -0.05) is 43.1 Å². The minimum absolute atomic E-state index is 0.271. The molecule has 0 aliphatic rings. The first-order valence-electron chi connectivity index (χ1n) is 7.00. The van der Waals surface area contributed by atoms with E-state index in [1.807, 2.05) is 34.6 Å². The maximum atomic E-state index is 6.40. The van der Waals surface area contributed by atoms with Crippen LogP contribution in [0.2, 0.25) is 10.0 Å². The molecule has 0 radical (unpaired) electrons. The number of halogens is 2. The van der Waals surface area contributed by atoms with Crippen molar-refractivity contribution < 1.29 is 0 Å². The third-order valence-corrected chi connectivity index (χ3v) is 5.42. The highest BCUT2D eigenvalue weighted by Crippen LogP contribution is 2.35. The molecule has 1 aromatic carbocycles. The maximum absolute atomic E-state index is 6.40. The molecular formula is C15H19Cl2N3S. The summed E-state index contributed by atoms with van der Waals surface area (Å²) < 4.78 is 1.86. The standard InChI is InChI=1S/C15H19Cl2N3S/c1-3-6-21-11(2)14(8-20-10-18-9-19-20)13-5-4-12(16)7-15(13)17/h4-5,7,9-11,14H,3,6,8H2,1-2H3. The van der Waals surface area contributed by atoms with Crippen molar-refractivity contribution in [3.63, 3.8) is 0 Å². The molecule has 0 N–H and O–H groups in total. The van der Waals surface area contributed by atoms with E-state index in [9.17, 15) is 0 Å². The van der Waals surface area contributed by atoms with Gasteiger partial charge in [-0.3, -0.25) is 4.68 Å². The monoisotopic (exact) mass is 343 g/mol. The number of rotatable bonds is 7. The highest BCUT2D eigenvalue weighted by Gasteiger charge is 2.23. The first-order chi connectivity index (χ1) is 10.1. The molecule has 0 aliphatic heterocycles. The highest BCUT2D eigenvalue weighted by atomic mass is 35.5. The summed E-state index contributed by atoms with van der Waals surface area (Å²) in [4.78, 5) is 4.02. The van der Waals surface area contributed by atoms with Gasteiger partial charge < -0.3 is 0 Å². The molecule has 3 nitrogen and oxygen atoms in total. The molecule has 1 aromatic heterocycles. The predicted octanol–water partition coefficient (Wildman–Crippen LogP) is 4.90. The fourth-order valence-electron chi connectivity index (χ4n) is 2.25. The first-order valence-corrected chi connectivity index (χ1v) is 8.81. The molecule has 21 heavy (non-hydrogen) atoms. The van der Waals surface area contributed by atoms with Crippen molar-refractivity contribution in [1.29, 1.82) is 0 Å². The Balaban J connectivity index is 2.25. The van der Waals surface area contributed by atoms with Gasteiger partial charge in [0, 0.05) is 21.2 Å². The number of hydrogen-bond donors (Lipinski definition) is 0. The molecule has 114 valence electrons. The van der Waals surface area contributed by atoms with Crippen molar-refractivity contribution in [3.05, 3.63) is 46.5 Å². The van der Waals surface area contributed by atoms with Gasteiger partial charge in [-0.2, -0.15) is 16.9 Å². The summed E-state index contributed by atoms with van der Waals surface area (Å²) in [6.07, 6.45) is 4.47. The van der Waals surface area contributed by atoms with Crippen LogP contribution in [0.5, 0.6) is 0 Å². The zero-order valence-corrected chi connectivity index (χ0v) is 14.5. The average molecular weight is 344 g/mol. The van der Waals surface area contributed by atoms with Crippen LogP contribution in [0.4, 0.5) is 0 Å². The molecule has 0 bridgehead atoms. The van der Waals surface area contributed by atoms with Gasteiger partial charge in [-0.15, -0.1) is 0 Å². The van der Waals surface area contributed by atoms with E-state index in [0.29, 0.717) is 10.3 Å². The normalized spacial score (nSPS) is 14.1. The van der Waals surface area contributed by atoms with E-state index in [-0.39, 0.29) is 5.92 Å². The number of nitrogens with zero attached hydrogens (tertiary/aromatic N) is 3. The Morgan fingerprint density at radius 1 is 1.33 bits per heavy atom. The average Bonchev–Trinajstić information content (AvgIpc) is 2.96. The zero-order valence-electron chi connectivity index (χ0n) is 12.2. The lowest BCUT2D eigenvalue weighted by atomic mass is 9.96. The molecule has 2 atom stereocenters. The molecule has 1 heterocycles. The Labute approximate surface area is 140 Å². The minimum Gasteiger partial charge on any atom is -0.252 e. The van der Waals surface area contributed by atoms with E-state index >= 15 is 0 Å². The fourth-order valence-corrected chi connectivity index (χ4v) is 3.87. The molecule has 2 aromatic rings. The zero-order chi connectivity index (χ0) is 15.2. The van der Waals surface area contributed by atoms with E-state index in [2.05, 4.69) is 23.9 Å². The van der Waals surface area contributed by atoms with Crippen molar-refractivity contribution >= 4 is 35.0 Å². The van der Waals surface area contributed by atoms with Crippen LogP contribution in [0.15, 0.2) is 30.9 Å². The molecule has 2 unspecified atom stereocenters. The summed E-state index contributed by atoms with van der Waals surface area (Å²) in [5, 5.41) is 6.04. The number of benzene rings is 1. The summed E-state index contributed by atoms with van der Waals surface area (Å²) in [5.41, 5.74) is 1.12. The van der Waals surface area contributed by atoms with Gasteiger partial charge >= 0.3 is 0 Å². The summed E-state index contributed by atoms with van der Waals surface area (Å²) in [5.74, 6) is 1.41. The van der Waals surface area contributed by atoms with Crippen LogP contribution < -0.4 is 0 Å². The topological polar surface area (TPSA) is 30.7 Å². The second kappa shape index (κ2) is 8.06. The Morgan fingerprint density at radius 3 is 2.76 bits per heavy atom. The van der Waals surface area contributed by atoms with E-state index < -0.39 is 0 Å². The fraction of sp³-hybridized carbons (Fsp3) is 0.467. The van der Waals surface area contributed by atoms with Crippen molar-refractivity contribution in [1.82, 2.24) is 14.8 Å². The molecule has 0 spiro atoms. The van der Waals surface area contributed by atoms with E-state index in [4.69, 9.17) is 23.2 Å². The Morgan fingerprint density at radius 2 is 2.14 bits per heavy atom. The number of hydrogen-bond acceptors (Lipinski definition) is 3. The van der Waals surface area contributed by atoms with Crippen LogP contribution in [0.1, 0.15) is 31.7 Å². The second-order valence-electron chi connectivity index (χ2n) is 4.97. The van der Waals surface area contributed by atoms with Gasteiger partial charge in [0.2, 0.25) is 0 Å². The van der Waals surface area contributed by atoms with Gasteiger partial charge in [0.1, 0.15) is 12.7 Å². The largest absolute Gasteiger partial charge is 0.252 e. The summed E-state index contributed by atoms with van der Waals surface area (Å²) in [6.45, 7) is 5.20. The molecule has 0 saturated heterocycles. The minimum atomic E-state index is 0.271. The van der Waals surface area contributed by atoms with Crippen LogP contribution in [-0.4, -0.2) is 25.8 Å². The van der Waals surface area contributed by atoms with Crippen molar-refractivity contribution in [3.8, 4) is 0 Å². The molecule has 2 rings (SSSR count). The van der Waals surface area contributed by atoms with Crippen molar-refractivity contribution in [2.24, 2.45) is 0 Å². The lowest BCUT2D eigenvalue weighted by Gasteiger charge is -2.25. The van der Waals surface area contributed by atoms with Crippen LogP contribution >= 0.6 is 35.0 Å².